The Morgan fingerprint density at radius 1 is 1.16 bits per heavy atom. The first-order valence-corrected chi connectivity index (χ1v) is 8.25. The molecule has 0 saturated heterocycles. The first-order chi connectivity index (χ1) is 12.1. The zero-order chi connectivity index (χ0) is 18.2. The molecule has 2 aromatic rings. The Morgan fingerprint density at radius 3 is 2.20 bits per heavy atom. The highest BCUT2D eigenvalue weighted by Crippen LogP contribution is 2.23. The quantitative estimate of drug-likeness (QED) is 0.450. The van der Waals surface area contributed by atoms with Gasteiger partial charge in [-0.05, 0) is 41.3 Å². The summed E-state index contributed by atoms with van der Waals surface area (Å²) in [6, 6.07) is 16.7. The molecular weight excluding hydrogens is 316 g/mol. The van der Waals surface area contributed by atoms with Crippen LogP contribution in [0.5, 0.6) is 5.75 Å². The monoisotopic (exact) mass is 338 g/mol. The maximum atomic E-state index is 10.8. The summed E-state index contributed by atoms with van der Waals surface area (Å²) < 4.78 is 5.74. The fraction of sp³-hybridized carbons (Fsp3) is 0.300. The van der Waals surface area contributed by atoms with E-state index in [9.17, 15) is 10.0 Å². The van der Waals surface area contributed by atoms with E-state index in [4.69, 9.17) is 10.00 Å². The molecule has 2 unspecified atom stereocenters. The lowest BCUT2D eigenvalue weighted by atomic mass is 10.00. The second-order valence-electron chi connectivity index (χ2n) is 5.96. The molecule has 0 aliphatic heterocycles. The van der Waals surface area contributed by atoms with Crippen molar-refractivity contribution in [3.8, 4) is 22.9 Å². The second kappa shape index (κ2) is 8.86. The standard InChI is InChI=1S/C20H22N2O3/c1-3-15(2)20(22(24)14-23)13-25-19-10-8-18(9-11-19)17-6-4-16(12-21)5-7-17/h4-11,14-15,20,24H,3,13H2,1-2H3. The maximum Gasteiger partial charge on any atom is 0.233 e. The first-order valence-electron chi connectivity index (χ1n) is 8.25. The summed E-state index contributed by atoms with van der Waals surface area (Å²) in [4.78, 5) is 10.8. The molecule has 0 fully saturated rings. The van der Waals surface area contributed by atoms with Crippen molar-refractivity contribution >= 4 is 6.41 Å². The Morgan fingerprint density at radius 2 is 1.72 bits per heavy atom. The molecule has 1 N–H and O–H groups in total. The molecule has 2 rings (SSSR count). The normalized spacial score (nSPS) is 12.7. The minimum Gasteiger partial charge on any atom is -0.491 e. The summed E-state index contributed by atoms with van der Waals surface area (Å²) in [5.74, 6) is 0.790. The molecule has 0 radical (unpaired) electrons. The Kier molecular flexibility index (Phi) is 6.55. The van der Waals surface area contributed by atoms with E-state index >= 15 is 0 Å². The number of carbonyl (C=O) groups is 1. The SMILES string of the molecule is CCC(C)C(COc1ccc(-c2ccc(C#N)cc2)cc1)N(O)C=O. The summed E-state index contributed by atoms with van der Waals surface area (Å²) in [5, 5.41) is 19.2. The van der Waals surface area contributed by atoms with Crippen molar-refractivity contribution in [1.82, 2.24) is 5.06 Å². The van der Waals surface area contributed by atoms with Gasteiger partial charge in [0.25, 0.3) is 0 Å². The molecule has 25 heavy (non-hydrogen) atoms. The molecule has 0 spiro atoms. The maximum absolute atomic E-state index is 10.8. The van der Waals surface area contributed by atoms with Crippen molar-refractivity contribution in [2.45, 2.75) is 26.3 Å². The van der Waals surface area contributed by atoms with E-state index in [1.807, 2.05) is 50.2 Å². The van der Waals surface area contributed by atoms with Crippen molar-refractivity contribution in [2.24, 2.45) is 5.92 Å². The van der Waals surface area contributed by atoms with Gasteiger partial charge < -0.3 is 4.74 Å². The Hall–Kier alpha value is -2.84. The molecule has 0 aliphatic carbocycles. The van der Waals surface area contributed by atoms with Crippen LogP contribution in [0, 0.1) is 17.2 Å². The average Bonchev–Trinajstić information content (AvgIpc) is 2.68. The number of hydrogen-bond donors (Lipinski definition) is 1. The van der Waals surface area contributed by atoms with Crippen LogP contribution in [0.4, 0.5) is 0 Å². The minimum absolute atomic E-state index is 0.119. The summed E-state index contributed by atoms with van der Waals surface area (Å²) >= 11 is 0. The van der Waals surface area contributed by atoms with Gasteiger partial charge >= 0.3 is 0 Å². The third-order valence-electron chi connectivity index (χ3n) is 4.37. The van der Waals surface area contributed by atoms with Crippen molar-refractivity contribution in [3.63, 3.8) is 0 Å². The van der Waals surface area contributed by atoms with Crippen LogP contribution in [-0.4, -0.2) is 29.3 Å². The van der Waals surface area contributed by atoms with Crippen LogP contribution in [-0.2, 0) is 4.79 Å². The largest absolute Gasteiger partial charge is 0.491 e. The van der Waals surface area contributed by atoms with Gasteiger partial charge in [-0.3, -0.25) is 10.0 Å². The first kappa shape index (κ1) is 18.5. The summed E-state index contributed by atoms with van der Waals surface area (Å²) in [6.45, 7) is 4.19. The van der Waals surface area contributed by atoms with E-state index in [-0.39, 0.29) is 18.6 Å². The number of amides is 1. The number of nitriles is 1. The molecule has 0 aromatic heterocycles. The third kappa shape index (κ3) is 4.82. The zero-order valence-electron chi connectivity index (χ0n) is 14.4. The number of nitrogens with zero attached hydrogens (tertiary/aromatic N) is 2. The van der Waals surface area contributed by atoms with Crippen molar-refractivity contribution in [3.05, 3.63) is 54.1 Å². The predicted molar refractivity (Wildman–Crippen MR) is 95.0 cm³/mol. The van der Waals surface area contributed by atoms with Gasteiger partial charge in [0.05, 0.1) is 17.7 Å². The predicted octanol–water partition coefficient (Wildman–Crippen LogP) is 3.87. The second-order valence-corrected chi connectivity index (χ2v) is 5.96. The lowest BCUT2D eigenvalue weighted by Gasteiger charge is -2.27. The van der Waals surface area contributed by atoms with Gasteiger partial charge in [0.1, 0.15) is 12.4 Å². The lowest BCUT2D eigenvalue weighted by molar-refractivity contribution is -0.168. The van der Waals surface area contributed by atoms with Crippen LogP contribution in [0.2, 0.25) is 0 Å². The van der Waals surface area contributed by atoms with E-state index in [1.165, 1.54) is 0 Å². The van der Waals surface area contributed by atoms with E-state index in [0.29, 0.717) is 22.8 Å². The lowest BCUT2D eigenvalue weighted by Crippen LogP contribution is -2.41. The number of hydrogen-bond acceptors (Lipinski definition) is 4. The van der Waals surface area contributed by atoms with Crippen molar-refractivity contribution in [2.75, 3.05) is 6.61 Å². The average molecular weight is 338 g/mol. The Bertz CT molecular complexity index is 720. The Balaban J connectivity index is 2.04. The molecule has 0 bridgehead atoms. The van der Waals surface area contributed by atoms with Gasteiger partial charge in [-0.2, -0.15) is 5.26 Å². The van der Waals surface area contributed by atoms with Crippen molar-refractivity contribution in [1.29, 1.82) is 5.26 Å². The number of benzene rings is 2. The topological polar surface area (TPSA) is 73.6 Å². The highest BCUT2D eigenvalue weighted by molar-refractivity contribution is 5.64. The molecule has 1 amide bonds. The molecule has 130 valence electrons. The molecule has 2 atom stereocenters. The number of carbonyl (C=O) groups excluding carboxylic acids is 1. The van der Waals surface area contributed by atoms with Crippen LogP contribution in [0.15, 0.2) is 48.5 Å². The third-order valence-corrected chi connectivity index (χ3v) is 4.37. The van der Waals surface area contributed by atoms with Crippen LogP contribution < -0.4 is 4.74 Å². The molecule has 2 aromatic carbocycles. The smallest absolute Gasteiger partial charge is 0.233 e. The van der Waals surface area contributed by atoms with Crippen LogP contribution in [0.1, 0.15) is 25.8 Å². The number of hydroxylamine groups is 2. The molecule has 0 saturated carbocycles. The molecule has 5 heteroatoms. The van der Waals surface area contributed by atoms with Crippen LogP contribution >= 0.6 is 0 Å². The van der Waals surface area contributed by atoms with Gasteiger partial charge in [-0.1, -0.05) is 44.5 Å². The van der Waals surface area contributed by atoms with Gasteiger partial charge in [0.2, 0.25) is 6.41 Å². The summed E-state index contributed by atoms with van der Waals surface area (Å²) in [6.07, 6.45) is 1.24. The number of ether oxygens (including phenoxy) is 1. The van der Waals surface area contributed by atoms with E-state index in [0.717, 1.165) is 17.5 Å². The molecule has 0 aliphatic rings. The van der Waals surface area contributed by atoms with E-state index < -0.39 is 0 Å². The highest BCUT2D eigenvalue weighted by atomic mass is 16.5. The number of rotatable bonds is 8. The van der Waals surface area contributed by atoms with Gasteiger partial charge in [0, 0.05) is 0 Å². The fourth-order valence-corrected chi connectivity index (χ4v) is 2.51. The molecular formula is C20H22N2O3. The van der Waals surface area contributed by atoms with E-state index in [1.54, 1.807) is 12.1 Å². The molecule has 0 heterocycles. The van der Waals surface area contributed by atoms with Gasteiger partial charge in [-0.25, -0.2) is 5.06 Å². The molecule has 5 nitrogen and oxygen atoms in total. The van der Waals surface area contributed by atoms with Crippen LogP contribution in [0.3, 0.4) is 0 Å². The van der Waals surface area contributed by atoms with Gasteiger partial charge in [-0.15, -0.1) is 0 Å². The summed E-state index contributed by atoms with van der Waals surface area (Å²) in [7, 11) is 0. The fourth-order valence-electron chi connectivity index (χ4n) is 2.51. The Labute approximate surface area is 148 Å². The minimum atomic E-state index is -0.388. The summed E-state index contributed by atoms with van der Waals surface area (Å²) in [5.41, 5.74) is 2.67. The highest BCUT2D eigenvalue weighted by Gasteiger charge is 2.22. The zero-order valence-corrected chi connectivity index (χ0v) is 14.4. The van der Waals surface area contributed by atoms with Crippen LogP contribution in [0.25, 0.3) is 11.1 Å². The van der Waals surface area contributed by atoms with E-state index in [2.05, 4.69) is 6.07 Å². The van der Waals surface area contributed by atoms with Crippen molar-refractivity contribution < 1.29 is 14.7 Å². The van der Waals surface area contributed by atoms with Gasteiger partial charge in [0.15, 0.2) is 0 Å².